The van der Waals surface area contributed by atoms with Crippen molar-refractivity contribution in [2.75, 3.05) is 52.0 Å². The van der Waals surface area contributed by atoms with Crippen LogP contribution in [0, 0.1) is 0 Å². The lowest BCUT2D eigenvalue weighted by Crippen LogP contribution is -2.60. The Labute approximate surface area is 143 Å². The van der Waals surface area contributed by atoms with Crippen LogP contribution in [0.5, 0.6) is 0 Å². The molecule has 0 saturated carbocycles. The van der Waals surface area contributed by atoms with Crippen molar-refractivity contribution in [1.29, 1.82) is 0 Å². The lowest BCUT2D eigenvalue weighted by atomic mass is 10.9. The van der Waals surface area contributed by atoms with Crippen molar-refractivity contribution in [3.63, 3.8) is 0 Å². The van der Waals surface area contributed by atoms with Crippen LogP contribution in [0.4, 0.5) is 0 Å². The minimum Gasteiger partial charge on any atom is -0.373 e. The van der Waals surface area contributed by atoms with Gasteiger partial charge in [0.15, 0.2) is 0 Å². The molecule has 0 heterocycles. The van der Waals surface area contributed by atoms with Crippen LogP contribution in [0.3, 0.4) is 0 Å². The van der Waals surface area contributed by atoms with Gasteiger partial charge in [0.1, 0.15) is 0 Å². The summed E-state index contributed by atoms with van der Waals surface area (Å²) in [5.74, 6) is 0. The van der Waals surface area contributed by atoms with E-state index in [2.05, 4.69) is 5.32 Å². The van der Waals surface area contributed by atoms with Gasteiger partial charge in [0.25, 0.3) is 0 Å². The molecule has 0 rings (SSSR count). The number of hydrogen-bond acceptors (Lipinski definition) is 7. The summed E-state index contributed by atoms with van der Waals surface area (Å²) in [5.41, 5.74) is 0. The Kier molecular flexibility index (Phi) is 13.5. The molecule has 9 heteroatoms. The van der Waals surface area contributed by atoms with Crippen molar-refractivity contribution in [3.8, 4) is 0 Å². The van der Waals surface area contributed by atoms with Gasteiger partial charge in [0, 0.05) is 39.6 Å². The standard InChI is InChI=1S/C14H35NO6Si2/c1-7-16-22(17-8-2,18-9-3)13-15-14-23(19-10-4,20-11-5)21-12-6/h15H,7-14H2,1-6H3. The van der Waals surface area contributed by atoms with E-state index in [1.165, 1.54) is 0 Å². The summed E-state index contributed by atoms with van der Waals surface area (Å²) in [6.07, 6.45) is 1.01. The quantitative estimate of drug-likeness (QED) is 0.416. The van der Waals surface area contributed by atoms with E-state index in [0.717, 1.165) is 0 Å². The van der Waals surface area contributed by atoms with Crippen molar-refractivity contribution in [2.24, 2.45) is 0 Å². The van der Waals surface area contributed by atoms with Gasteiger partial charge in [-0.2, -0.15) is 0 Å². The second kappa shape index (κ2) is 13.4. The summed E-state index contributed by atoms with van der Waals surface area (Å²) >= 11 is 0. The van der Waals surface area contributed by atoms with Crippen LogP contribution >= 0.6 is 0 Å². The molecule has 0 aliphatic carbocycles. The van der Waals surface area contributed by atoms with Gasteiger partial charge in [-0.3, -0.25) is 0 Å². The van der Waals surface area contributed by atoms with E-state index >= 15 is 0 Å². The van der Waals surface area contributed by atoms with E-state index in [0.29, 0.717) is 52.0 Å². The van der Waals surface area contributed by atoms with Gasteiger partial charge < -0.3 is 31.9 Å². The normalized spacial score (nSPS) is 12.8. The first-order valence-electron chi connectivity index (χ1n) is 8.61. The van der Waals surface area contributed by atoms with E-state index < -0.39 is 17.6 Å². The average molecular weight is 370 g/mol. The van der Waals surface area contributed by atoms with E-state index in [-0.39, 0.29) is 0 Å². The maximum Gasteiger partial charge on any atom is 0.515 e. The summed E-state index contributed by atoms with van der Waals surface area (Å²) in [6, 6.07) is 0. The first-order chi connectivity index (χ1) is 11.1. The highest BCUT2D eigenvalue weighted by molar-refractivity contribution is 6.62. The summed E-state index contributed by atoms with van der Waals surface area (Å²) < 4.78 is 35.0. The maximum absolute atomic E-state index is 5.83. The van der Waals surface area contributed by atoms with Crippen molar-refractivity contribution in [1.82, 2.24) is 5.32 Å². The minimum atomic E-state index is -2.72. The highest BCUT2D eigenvalue weighted by Gasteiger charge is 2.44. The van der Waals surface area contributed by atoms with Gasteiger partial charge in [-0.15, -0.1) is 0 Å². The Bertz CT molecular complexity index is 226. The molecule has 0 aromatic rings. The molecule has 0 unspecified atom stereocenters. The van der Waals surface area contributed by atoms with E-state index in [4.69, 9.17) is 26.6 Å². The van der Waals surface area contributed by atoms with Crippen LogP contribution in [0.2, 0.25) is 0 Å². The second-order valence-electron chi connectivity index (χ2n) is 4.57. The molecule has 23 heavy (non-hydrogen) atoms. The zero-order chi connectivity index (χ0) is 17.6. The summed E-state index contributed by atoms with van der Waals surface area (Å²) in [5, 5.41) is 3.35. The molecule has 0 atom stereocenters. The SMILES string of the molecule is CCO[Si](CNC[Si](OCC)(OCC)OCC)(OCC)OCC. The average Bonchev–Trinajstić information content (AvgIpc) is 2.49. The number of hydrogen-bond donors (Lipinski definition) is 1. The summed E-state index contributed by atoms with van der Waals surface area (Å²) in [6.45, 7) is 15.0. The smallest absolute Gasteiger partial charge is 0.373 e. The van der Waals surface area contributed by atoms with Crippen molar-refractivity contribution >= 4 is 17.6 Å². The topological polar surface area (TPSA) is 67.4 Å². The Balaban J connectivity index is 4.82. The second-order valence-corrected chi connectivity index (χ2v) is 9.74. The van der Waals surface area contributed by atoms with E-state index in [1.807, 2.05) is 41.5 Å². The Hall–Kier alpha value is 0.154. The van der Waals surface area contributed by atoms with E-state index in [1.54, 1.807) is 0 Å². The largest absolute Gasteiger partial charge is 0.515 e. The van der Waals surface area contributed by atoms with Gasteiger partial charge in [-0.1, -0.05) is 0 Å². The third kappa shape index (κ3) is 8.70. The maximum atomic E-state index is 5.83. The van der Waals surface area contributed by atoms with Gasteiger partial charge in [-0.25, -0.2) is 0 Å². The van der Waals surface area contributed by atoms with Crippen LogP contribution in [-0.2, 0) is 26.6 Å². The summed E-state index contributed by atoms with van der Waals surface area (Å²) in [4.78, 5) is 0. The lowest BCUT2D eigenvalue weighted by Gasteiger charge is -2.32. The molecule has 140 valence electrons. The molecule has 7 nitrogen and oxygen atoms in total. The van der Waals surface area contributed by atoms with Crippen LogP contribution in [0.1, 0.15) is 41.5 Å². The molecule has 0 aromatic heterocycles. The lowest BCUT2D eigenvalue weighted by molar-refractivity contribution is 0.0633. The molecule has 0 saturated heterocycles. The Morgan fingerprint density at radius 1 is 0.478 bits per heavy atom. The predicted molar refractivity (Wildman–Crippen MR) is 94.1 cm³/mol. The zero-order valence-electron chi connectivity index (χ0n) is 15.6. The van der Waals surface area contributed by atoms with Crippen molar-refractivity contribution < 1.29 is 26.6 Å². The molecular weight excluding hydrogens is 334 g/mol. The molecule has 0 amide bonds. The fourth-order valence-electron chi connectivity index (χ4n) is 2.24. The molecule has 0 fully saturated rings. The van der Waals surface area contributed by atoms with Gasteiger partial charge in [-0.05, 0) is 41.5 Å². The molecular formula is C14H35NO6Si2. The Morgan fingerprint density at radius 2 is 0.696 bits per heavy atom. The van der Waals surface area contributed by atoms with Crippen LogP contribution in [-0.4, -0.2) is 69.6 Å². The third-order valence-corrected chi connectivity index (χ3v) is 8.61. The first-order valence-corrected chi connectivity index (χ1v) is 12.5. The third-order valence-electron chi connectivity index (χ3n) is 2.87. The van der Waals surface area contributed by atoms with E-state index in [9.17, 15) is 0 Å². The van der Waals surface area contributed by atoms with Gasteiger partial charge in [0.2, 0.25) is 0 Å². The molecule has 0 aliphatic rings. The van der Waals surface area contributed by atoms with Crippen molar-refractivity contribution in [2.45, 2.75) is 41.5 Å². The summed E-state index contributed by atoms with van der Waals surface area (Å²) in [7, 11) is -5.44. The van der Waals surface area contributed by atoms with Gasteiger partial charge >= 0.3 is 17.6 Å². The molecule has 0 aliphatic heterocycles. The molecule has 0 aromatic carbocycles. The molecule has 0 spiro atoms. The number of nitrogens with one attached hydrogen (secondary N) is 1. The van der Waals surface area contributed by atoms with Crippen LogP contribution in [0.15, 0.2) is 0 Å². The highest BCUT2D eigenvalue weighted by atomic mass is 28.4. The molecule has 1 N–H and O–H groups in total. The van der Waals surface area contributed by atoms with Crippen LogP contribution < -0.4 is 5.32 Å². The zero-order valence-corrected chi connectivity index (χ0v) is 17.6. The number of rotatable bonds is 16. The Morgan fingerprint density at radius 3 is 0.870 bits per heavy atom. The van der Waals surface area contributed by atoms with Gasteiger partial charge in [0.05, 0.1) is 12.3 Å². The van der Waals surface area contributed by atoms with Crippen LogP contribution in [0.25, 0.3) is 0 Å². The monoisotopic (exact) mass is 369 g/mol. The van der Waals surface area contributed by atoms with Crippen molar-refractivity contribution in [3.05, 3.63) is 0 Å². The predicted octanol–water partition coefficient (Wildman–Crippen LogP) is 1.75. The fraction of sp³-hybridized carbons (Fsp3) is 1.00. The first kappa shape index (κ1) is 23.2. The molecule has 0 radical (unpaired) electrons. The molecule has 0 bridgehead atoms. The minimum absolute atomic E-state index is 0.504. The highest BCUT2D eigenvalue weighted by Crippen LogP contribution is 2.12. The fourth-order valence-corrected chi connectivity index (χ4v) is 7.11.